The number of carbonyl (C=O) groups is 3. The molecule has 0 spiro atoms. The van der Waals surface area contributed by atoms with Crippen LogP contribution in [0.3, 0.4) is 0 Å². The average Bonchev–Trinajstić information content (AvgIpc) is 2.63. The second-order valence-corrected chi connectivity index (χ2v) is 8.43. The van der Waals surface area contributed by atoms with Crippen LogP contribution in [-0.2, 0) is 24.8 Å². The Morgan fingerprint density at radius 1 is 1.10 bits per heavy atom. The summed E-state index contributed by atoms with van der Waals surface area (Å²) in [5.74, 6) is -1.56. The van der Waals surface area contributed by atoms with Gasteiger partial charge in [0.1, 0.15) is 17.4 Å². The van der Waals surface area contributed by atoms with E-state index >= 15 is 0 Å². The number of amides is 2. The molecule has 0 aliphatic carbocycles. The second-order valence-electron chi connectivity index (χ2n) is 7.47. The van der Waals surface area contributed by atoms with Gasteiger partial charge in [-0.2, -0.15) is 8.42 Å². The highest BCUT2D eigenvalue weighted by atomic mass is 32.3. The van der Waals surface area contributed by atoms with Crippen molar-refractivity contribution < 1.29 is 40.3 Å². The minimum atomic E-state index is -5.17. The van der Waals surface area contributed by atoms with Gasteiger partial charge in [0.05, 0.1) is 7.11 Å². The molecular formula is C19H27FN2O8S. The van der Waals surface area contributed by atoms with Gasteiger partial charge in [0.25, 0.3) is 5.91 Å². The first kappa shape index (κ1) is 26.1. The fourth-order valence-electron chi connectivity index (χ4n) is 2.39. The Kier molecular flexibility index (Phi) is 9.69. The molecule has 10 nitrogen and oxygen atoms in total. The molecule has 31 heavy (non-hydrogen) atoms. The maximum atomic E-state index is 12.5. The monoisotopic (exact) mass is 462 g/mol. The van der Waals surface area contributed by atoms with Crippen LogP contribution >= 0.6 is 0 Å². The van der Waals surface area contributed by atoms with Crippen LogP contribution in [0.15, 0.2) is 24.3 Å². The van der Waals surface area contributed by atoms with Gasteiger partial charge < -0.3 is 24.3 Å². The number of hydrogen-bond donors (Lipinski definition) is 2. The van der Waals surface area contributed by atoms with E-state index in [0.29, 0.717) is 19.4 Å². The minimum Gasteiger partial charge on any atom is -0.467 e. The van der Waals surface area contributed by atoms with E-state index < -0.39 is 40.1 Å². The molecular weight excluding hydrogens is 435 g/mol. The van der Waals surface area contributed by atoms with Gasteiger partial charge in [0.15, 0.2) is 0 Å². The standard InChI is InChI=1S/C19H27FN2O8S/c1-19(2,3)29-18(25)21-12-6-5-7-15(17(24)28-4)22-16(23)13-8-10-14(11-9-13)30-31(20,26)27/h8-11,15H,5-7,12H2,1-4H3,(H,21,25)(H,22,23)/t15-/m0/s1. The molecule has 0 radical (unpaired) electrons. The lowest BCUT2D eigenvalue weighted by Crippen LogP contribution is -2.41. The lowest BCUT2D eigenvalue weighted by atomic mass is 10.1. The van der Waals surface area contributed by atoms with E-state index in [0.717, 1.165) is 12.1 Å². The first-order chi connectivity index (χ1) is 14.3. The summed E-state index contributed by atoms with van der Waals surface area (Å²) >= 11 is 0. The van der Waals surface area contributed by atoms with Crippen molar-refractivity contribution in [1.82, 2.24) is 10.6 Å². The molecule has 0 saturated heterocycles. The Labute approximate surface area is 180 Å². The molecule has 2 N–H and O–H groups in total. The molecule has 0 aliphatic heterocycles. The Morgan fingerprint density at radius 2 is 1.71 bits per heavy atom. The van der Waals surface area contributed by atoms with Gasteiger partial charge in [0.2, 0.25) is 0 Å². The van der Waals surface area contributed by atoms with Crippen molar-refractivity contribution in [1.29, 1.82) is 0 Å². The number of nitrogens with one attached hydrogen (secondary N) is 2. The van der Waals surface area contributed by atoms with Crippen molar-refractivity contribution in [2.75, 3.05) is 13.7 Å². The summed E-state index contributed by atoms with van der Waals surface area (Å²) in [6.07, 6.45) is 0.747. The van der Waals surface area contributed by atoms with Gasteiger partial charge in [-0.1, -0.05) is 3.89 Å². The Bertz CT molecular complexity index is 866. The van der Waals surface area contributed by atoms with Gasteiger partial charge in [-0.3, -0.25) is 4.79 Å². The van der Waals surface area contributed by atoms with Crippen molar-refractivity contribution >= 4 is 28.5 Å². The van der Waals surface area contributed by atoms with Crippen molar-refractivity contribution in [3.8, 4) is 5.75 Å². The minimum absolute atomic E-state index is 0.101. The summed E-state index contributed by atoms with van der Waals surface area (Å²) in [6.45, 7) is 5.58. The van der Waals surface area contributed by atoms with Crippen LogP contribution in [-0.4, -0.2) is 51.7 Å². The second kappa shape index (κ2) is 11.5. The molecule has 1 aromatic rings. The van der Waals surface area contributed by atoms with Crippen LogP contribution in [0.1, 0.15) is 50.4 Å². The zero-order valence-corrected chi connectivity index (χ0v) is 18.6. The third-order valence-corrected chi connectivity index (χ3v) is 4.08. The molecule has 2 amide bonds. The average molecular weight is 462 g/mol. The number of methoxy groups -OCH3 is 1. The molecule has 1 atom stereocenters. The van der Waals surface area contributed by atoms with Crippen LogP contribution < -0.4 is 14.8 Å². The van der Waals surface area contributed by atoms with Crippen molar-refractivity contribution in [2.45, 2.75) is 51.7 Å². The topological polar surface area (TPSA) is 137 Å². The van der Waals surface area contributed by atoms with E-state index in [9.17, 15) is 26.7 Å². The third-order valence-electron chi connectivity index (χ3n) is 3.69. The van der Waals surface area contributed by atoms with Gasteiger partial charge in [-0.25, -0.2) is 9.59 Å². The van der Waals surface area contributed by atoms with Crippen molar-refractivity contribution in [2.24, 2.45) is 0 Å². The number of hydrogen-bond acceptors (Lipinski definition) is 8. The molecule has 0 saturated carbocycles. The molecule has 0 aliphatic rings. The number of ether oxygens (including phenoxy) is 2. The fourth-order valence-corrected chi connectivity index (χ4v) is 2.73. The summed E-state index contributed by atoms with van der Waals surface area (Å²) in [5, 5.41) is 5.12. The van der Waals surface area contributed by atoms with E-state index in [1.54, 1.807) is 20.8 Å². The molecule has 1 aromatic carbocycles. The van der Waals surface area contributed by atoms with Gasteiger partial charge in [0, 0.05) is 12.1 Å². The first-order valence-electron chi connectivity index (χ1n) is 9.40. The third kappa shape index (κ3) is 11.2. The van der Waals surface area contributed by atoms with Gasteiger partial charge in [-0.15, -0.1) is 0 Å². The summed E-state index contributed by atoms with van der Waals surface area (Å²) in [4.78, 5) is 35.9. The fraction of sp³-hybridized carbons (Fsp3) is 0.526. The summed E-state index contributed by atoms with van der Waals surface area (Å²) in [6, 6.07) is 3.70. The molecule has 0 fully saturated rings. The van der Waals surface area contributed by atoms with E-state index in [1.807, 2.05) is 0 Å². The lowest BCUT2D eigenvalue weighted by Gasteiger charge is -2.20. The largest absolute Gasteiger partial charge is 0.488 e. The summed E-state index contributed by atoms with van der Waals surface area (Å²) < 4.78 is 47.3. The molecule has 1 rings (SSSR count). The molecule has 12 heteroatoms. The van der Waals surface area contributed by atoms with E-state index in [1.165, 1.54) is 19.2 Å². The molecule has 0 unspecified atom stereocenters. The Hall–Kier alpha value is -2.89. The predicted octanol–water partition coefficient (Wildman–Crippen LogP) is 2.25. The number of esters is 1. The van der Waals surface area contributed by atoms with Crippen molar-refractivity contribution in [3.63, 3.8) is 0 Å². The number of alkyl carbamates (subject to hydrolysis) is 1. The smallest absolute Gasteiger partial charge is 0.467 e. The van der Waals surface area contributed by atoms with Gasteiger partial charge in [-0.05, 0) is 64.3 Å². The highest BCUT2D eigenvalue weighted by Gasteiger charge is 2.22. The van der Waals surface area contributed by atoms with E-state index in [2.05, 4.69) is 14.8 Å². The van der Waals surface area contributed by atoms with Crippen LogP contribution in [0.25, 0.3) is 0 Å². The van der Waals surface area contributed by atoms with Crippen LogP contribution in [0, 0.1) is 0 Å². The molecule has 0 bridgehead atoms. The van der Waals surface area contributed by atoms with Crippen LogP contribution in [0.2, 0.25) is 0 Å². The molecule has 174 valence electrons. The summed E-state index contributed by atoms with van der Waals surface area (Å²) in [7, 11) is -3.98. The van der Waals surface area contributed by atoms with E-state index in [-0.39, 0.29) is 17.7 Å². The predicted molar refractivity (Wildman–Crippen MR) is 108 cm³/mol. The molecule has 0 aromatic heterocycles. The Balaban J connectivity index is 2.56. The number of carbonyl (C=O) groups excluding carboxylic acids is 3. The van der Waals surface area contributed by atoms with Crippen LogP contribution in [0.4, 0.5) is 8.68 Å². The van der Waals surface area contributed by atoms with Crippen molar-refractivity contribution in [3.05, 3.63) is 29.8 Å². The number of benzene rings is 1. The van der Waals surface area contributed by atoms with Crippen LogP contribution in [0.5, 0.6) is 5.75 Å². The first-order valence-corrected chi connectivity index (χ1v) is 10.7. The molecule has 0 heterocycles. The number of rotatable bonds is 10. The maximum Gasteiger partial charge on any atom is 0.488 e. The normalized spacial score (nSPS) is 12.4. The zero-order chi connectivity index (χ0) is 23.7. The Morgan fingerprint density at radius 3 is 2.23 bits per heavy atom. The quantitative estimate of drug-likeness (QED) is 0.307. The maximum absolute atomic E-state index is 12.5. The SMILES string of the molecule is COC(=O)[C@H](CCCCNC(=O)OC(C)(C)C)NC(=O)c1ccc(OS(=O)(=O)F)cc1. The number of unbranched alkanes of at least 4 members (excludes halogenated alkanes) is 1. The number of halogens is 1. The zero-order valence-electron chi connectivity index (χ0n) is 17.8. The summed E-state index contributed by atoms with van der Waals surface area (Å²) in [5.41, 5.74) is -0.501. The highest BCUT2D eigenvalue weighted by Crippen LogP contribution is 2.15. The van der Waals surface area contributed by atoms with E-state index in [4.69, 9.17) is 9.47 Å². The highest BCUT2D eigenvalue weighted by molar-refractivity contribution is 7.81. The van der Waals surface area contributed by atoms with Gasteiger partial charge >= 0.3 is 22.6 Å². The lowest BCUT2D eigenvalue weighted by molar-refractivity contribution is -0.143.